The zero-order chi connectivity index (χ0) is 23.5. The van der Waals surface area contributed by atoms with Gasteiger partial charge < -0.3 is 20.4 Å². The Hall–Kier alpha value is -3.43. The maximum Gasteiger partial charge on any atom is 0.349 e. The first kappa shape index (κ1) is 24.8. The number of hydrogen-bond acceptors (Lipinski definition) is 7. The van der Waals surface area contributed by atoms with Crippen molar-refractivity contribution in [1.82, 2.24) is 14.5 Å². The molecule has 3 N–H and O–H groups in total. The van der Waals surface area contributed by atoms with Gasteiger partial charge in [0, 0.05) is 57.5 Å². The monoisotopic (exact) mass is 445 g/mol. The van der Waals surface area contributed by atoms with Crippen molar-refractivity contribution >= 4 is 23.6 Å². The summed E-state index contributed by atoms with van der Waals surface area (Å²) in [5.74, 6) is 0.522. The van der Waals surface area contributed by atoms with E-state index in [-0.39, 0.29) is 12.1 Å². The van der Waals surface area contributed by atoms with Gasteiger partial charge in [-0.05, 0) is 44.2 Å². The van der Waals surface area contributed by atoms with Crippen molar-refractivity contribution in [3.63, 3.8) is 0 Å². The predicted molar refractivity (Wildman–Crippen MR) is 121 cm³/mol. The van der Waals surface area contributed by atoms with Gasteiger partial charge in [0.25, 0.3) is 5.97 Å². The van der Waals surface area contributed by atoms with E-state index in [1.165, 1.54) is 4.57 Å². The van der Waals surface area contributed by atoms with Crippen LogP contribution in [0.5, 0.6) is 0 Å². The molecule has 1 aliphatic heterocycles. The van der Waals surface area contributed by atoms with Gasteiger partial charge in [0.1, 0.15) is 11.6 Å². The second kappa shape index (κ2) is 12.4. The molecule has 1 saturated heterocycles. The summed E-state index contributed by atoms with van der Waals surface area (Å²) in [4.78, 5) is 42.7. The number of pyridine rings is 1. The van der Waals surface area contributed by atoms with Crippen molar-refractivity contribution in [1.29, 1.82) is 0 Å². The average Bonchev–Trinajstić information content (AvgIpc) is 2.75. The van der Waals surface area contributed by atoms with Crippen LogP contribution >= 0.6 is 0 Å². The fourth-order valence-corrected chi connectivity index (χ4v) is 3.54. The standard InChI is InChI=1S/C20H27N5O3.C2H4O2/c1-15-14-25(10-4-6-18(26)27)20(28)23-19(15)24-11-7-16(8-12-24)13-22-17-5-2-3-9-21-17;1-2(3)4/h2-3,5,9,14,16H,4,6-8,10-13H2,1H3,(H,21,22)(H,26,27);1H3,(H,3,4). The van der Waals surface area contributed by atoms with Gasteiger partial charge in [-0.2, -0.15) is 4.98 Å². The third-order valence-corrected chi connectivity index (χ3v) is 5.09. The number of aliphatic carboxylic acids is 2. The number of piperidine rings is 1. The van der Waals surface area contributed by atoms with Gasteiger partial charge in [0.2, 0.25) is 0 Å². The van der Waals surface area contributed by atoms with Crippen molar-refractivity contribution in [2.24, 2.45) is 5.92 Å². The van der Waals surface area contributed by atoms with E-state index in [1.807, 2.05) is 25.1 Å². The maximum atomic E-state index is 12.3. The summed E-state index contributed by atoms with van der Waals surface area (Å²) in [6.07, 6.45) is 6.10. The molecular weight excluding hydrogens is 414 g/mol. The molecule has 0 aromatic carbocycles. The fraction of sp³-hybridized carbons (Fsp3) is 0.500. The van der Waals surface area contributed by atoms with E-state index in [9.17, 15) is 9.59 Å². The molecule has 0 saturated carbocycles. The first-order chi connectivity index (χ1) is 15.3. The third-order valence-electron chi connectivity index (χ3n) is 5.09. The number of rotatable bonds is 8. The van der Waals surface area contributed by atoms with Gasteiger partial charge in [-0.1, -0.05) is 6.07 Å². The summed E-state index contributed by atoms with van der Waals surface area (Å²) in [6.45, 7) is 6.03. The number of nitrogens with zero attached hydrogens (tertiary/aromatic N) is 4. The Labute approximate surface area is 186 Å². The zero-order valence-electron chi connectivity index (χ0n) is 18.5. The minimum atomic E-state index is -0.852. The summed E-state index contributed by atoms with van der Waals surface area (Å²) in [7, 11) is 0. The van der Waals surface area contributed by atoms with E-state index < -0.39 is 11.9 Å². The van der Waals surface area contributed by atoms with Crippen LogP contribution < -0.4 is 15.9 Å². The van der Waals surface area contributed by atoms with Crippen molar-refractivity contribution < 1.29 is 19.8 Å². The predicted octanol–water partition coefficient (Wildman–Crippen LogP) is 2.23. The molecule has 1 aliphatic rings. The summed E-state index contributed by atoms with van der Waals surface area (Å²) in [6, 6.07) is 5.84. The van der Waals surface area contributed by atoms with Gasteiger partial charge in [-0.3, -0.25) is 14.2 Å². The zero-order valence-corrected chi connectivity index (χ0v) is 18.5. The second-order valence-electron chi connectivity index (χ2n) is 7.77. The van der Waals surface area contributed by atoms with E-state index in [1.54, 1.807) is 12.4 Å². The topological polar surface area (TPSA) is 138 Å². The van der Waals surface area contributed by atoms with Gasteiger partial charge in [-0.15, -0.1) is 0 Å². The number of aromatic nitrogens is 3. The van der Waals surface area contributed by atoms with Gasteiger partial charge in [-0.25, -0.2) is 9.78 Å². The first-order valence-electron chi connectivity index (χ1n) is 10.7. The van der Waals surface area contributed by atoms with Crippen LogP contribution in [-0.2, 0) is 16.1 Å². The van der Waals surface area contributed by atoms with Crippen molar-refractivity contribution in [2.45, 2.75) is 46.1 Å². The minimum Gasteiger partial charge on any atom is -0.481 e. The molecule has 0 bridgehead atoms. The Morgan fingerprint density at radius 2 is 1.91 bits per heavy atom. The number of aryl methyl sites for hydroxylation is 2. The van der Waals surface area contributed by atoms with Crippen LogP contribution in [-0.4, -0.2) is 56.3 Å². The molecule has 32 heavy (non-hydrogen) atoms. The average molecular weight is 446 g/mol. The van der Waals surface area contributed by atoms with Crippen LogP contribution in [0.25, 0.3) is 0 Å². The Kier molecular flexibility index (Phi) is 9.65. The summed E-state index contributed by atoms with van der Waals surface area (Å²) < 4.78 is 1.51. The number of nitrogens with one attached hydrogen (secondary N) is 1. The molecule has 0 amide bonds. The largest absolute Gasteiger partial charge is 0.481 e. The van der Waals surface area contributed by atoms with Gasteiger partial charge in [0.15, 0.2) is 0 Å². The molecule has 2 aromatic heterocycles. The highest BCUT2D eigenvalue weighted by atomic mass is 16.4. The molecule has 0 spiro atoms. The summed E-state index contributed by atoms with van der Waals surface area (Å²) in [5.41, 5.74) is 0.630. The molecule has 2 aromatic rings. The lowest BCUT2D eigenvalue weighted by molar-refractivity contribution is -0.137. The number of carbonyl (C=O) groups is 2. The quantitative estimate of drug-likeness (QED) is 0.558. The number of anilines is 2. The molecule has 0 atom stereocenters. The number of carboxylic acid groups (broad SMARTS) is 2. The molecule has 10 heteroatoms. The number of hydrogen-bond donors (Lipinski definition) is 3. The van der Waals surface area contributed by atoms with Crippen LogP contribution in [0.1, 0.15) is 38.2 Å². The van der Waals surface area contributed by atoms with E-state index in [0.29, 0.717) is 18.9 Å². The van der Waals surface area contributed by atoms with Crippen LogP contribution in [0.3, 0.4) is 0 Å². The fourth-order valence-electron chi connectivity index (χ4n) is 3.54. The first-order valence-corrected chi connectivity index (χ1v) is 10.7. The molecule has 0 aliphatic carbocycles. The highest BCUT2D eigenvalue weighted by Crippen LogP contribution is 2.23. The molecule has 0 radical (unpaired) electrons. The van der Waals surface area contributed by atoms with E-state index in [2.05, 4.69) is 20.2 Å². The van der Waals surface area contributed by atoms with Crippen LogP contribution in [0.15, 0.2) is 35.4 Å². The normalized spacial score (nSPS) is 13.8. The number of carboxylic acids is 2. The van der Waals surface area contributed by atoms with Crippen molar-refractivity contribution in [2.75, 3.05) is 29.9 Å². The third kappa shape index (κ3) is 8.37. The van der Waals surface area contributed by atoms with Crippen molar-refractivity contribution in [3.05, 3.63) is 46.6 Å². The Bertz CT molecular complexity index is 935. The lowest BCUT2D eigenvalue weighted by Crippen LogP contribution is -2.38. The second-order valence-corrected chi connectivity index (χ2v) is 7.77. The highest BCUT2D eigenvalue weighted by molar-refractivity contribution is 5.66. The highest BCUT2D eigenvalue weighted by Gasteiger charge is 2.22. The van der Waals surface area contributed by atoms with Crippen LogP contribution in [0.2, 0.25) is 0 Å². The molecular formula is C22H31N5O5. The van der Waals surface area contributed by atoms with Crippen LogP contribution in [0.4, 0.5) is 11.6 Å². The maximum absolute atomic E-state index is 12.3. The molecule has 1 fully saturated rings. The smallest absolute Gasteiger partial charge is 0.349 e. The molecule has 3 rings (SSSR count). The van der Waals surface area contributed by atoms with Gasteiger partial charge >= 0.3 is 11.7 Å². The molecule has 3 heterocycles. The lowest BCUT2D eigenvalue weighted by atomic mass is 9.96. The lowest BCUT2D eigenvalue weighted by Gasteiger charge is -2.33. The van der Waals surface area contributed by atoms with Crippen molar-refractivity contribution in [3.8, 4) is 0 Å². The van der Waals surface area contributed by atoms with Gasteiger partial charge in [0.05, 0.1) is 0 Å². The Morgan fingerprint density at radius 3 is 2.50 bits per heavy atom. The summed E-state index contributed by atoms with van der Waals surface area (Å²) in [5, 5.41) is 19.5. The summed E-state index contributed by atoms with van der Waals surface area (Å²) >= 11 is 0. The Morgan fingerprint density at radius 1 is 1.22 bits per heavy atom. The van der Waals surface area contributed by atoms with E-state index in [4.69, 9.17) is 15.0 Å². The van der Waals surface area contributed by atoms with E-state index >= 15 is 0 Å². The molecule has 10 nitrogen and oxygen atoms in total. The SMILES string of the molecule is CC(=O)O.Cc1cn(CCCC(=O)O)c(=O)nc1N1CCC(CNc2ccccn2)CC1. The molecule has 174 valence electrons. The molecule has 0 unspecified atom stereocenters. The Balaban J connectivity index is 0.000000837. The minimum absolute atomic E-state index is 0.0489. The van der Waals surface area contributed by atoms with E-state index in [0.717, 1.165) is 56.6 Å². The van der Waals surface area contributed by atoms with Crippen LogP contribution in [0, 0.1) is 12.8 Å².